The lowest BCUT2D eigenvalue weighted by Crippen LogP contribution is -2.29. The van der Waals surface area contributed by atoms with Gasteiger partial charge in [0.25, 0.3) is 0 Å². The minimum absolute atomic E-state index is 0.00302. The second kappa shape index (κ2) is 3.65. The van der Waals surface area contributed by atoms with Crippen LogP contribution < -0.4 is 4.90 Å². The number of aliphatic hydroxyl groups excluding tert-OH is 1. The largest absolute Gasteiger partial charge is 0.506 e. The fourth-order valence-corrected chi connectivity index (χ4v) is 1.51. The zero-order valence-electron chi connectivity index (χ0n) is 7.35. The van der Waals surface area contributed by atoms with Gasteiger partial charge in [0.2, 0.25) is 6.41 Å². The van der Waals surface area contributed by atoms with Gasteiger partial charge in [-0.3, -0.25) is 0 Å². The molecule has 1 aliphatic rings. The number of aliphatic hydroxyl groups is 1. The number of ether oxygens (including phenoxy) is 1. The fraction of sp³-hybridized carbons (Fsp3) is 0.333. The molecule has 0 amide bonds. The third kappa shape index (κ3) is 1.64. The van der Waals surface area contributed by atoms with Gasteiger partial charge in [-0.1, -0.05) is 11.6 Å². The standard InChI is InChI=1S/C9H10ClNO3/c10-7-2-1-6(5-8(7)12)11-3-4-14-9(11)13/h1-2,5,9,12-13H,3-4H2. The van der Waals surface area contributed by atoms with Crippen LogP contribution in [-0.4, -0.2) is 29.8 Å². The Kier molecular flexibility index (Phi) is 2.50. The van der Waals surface area contributed by atoms with Gasteiger partial charge in [0.1, 0.15) is 5.75 Å². The molecular formula is C9H10ClNO3. The number of hydrogen-bond donors (Lipinski definition) is 2. The van der Waals surface area contributed by atoms with Crippen LogP contribution in [0.4, 0.5) is 5.69 Å². The molecule has 1 aliphatic heterocycles. The van der Waals surface area contributed by atoms with Crippen LogP contribution >= 0.6 is 11.6 Å². The Morgan fingerprint density at radius 1 is 1.50 bits per heavy atom. The Balaban J connectivity index is 2.28. The lowest BCUT2D eigenvalue weighted by molar-refractivity contribution is -0.0573. The number of rotatable bonds is 1. The molecule has 14 heavy (non-hydrogen) atoms. The Morgan fingerprint density at radius 3 is 2.86 bits per heavy atom. The normalized spacial score (nSPS) is 21.6. The first-order valence-electron chi connectivity index (χ1n) is 4.23. The zero-order valence-corrected chi connectivity index (χ0v) is 8.11. The van der Waals surface area contributed by atoms with Gasteiger partial charge in [-0.2, -0.15) is 0 Å². The van der Waals surface area contributed by atoms with Gasteiger partial charge in [0.05, 0.1) is 11.6 Å². The highest BCUT2D eigenvalue weighted by atomic mass is 35.5. The highest BCUT2D eigenvalue weighted by Gasteiger charge is 2.23. The van der Waals surface area contributed by atoms with Crippen LogP contribution in [0.3, 0.4) is 0 Å². The van der Waals surface area contributed by atoms with E-state index in [0.717, 1.165) is 0 Å². The van der Waals surface area contributed by atoms with Gasteiger partial charge in [-0.05, 0) is 12.1 Å². The van der Waals surface area contributed by atoms with Crippen molar-refractivity contribution in [3.63, 3.8) is 0 Å². The molecule has 2 N–H and O–H groups in total. The summed E-state index contributed by atoms with van der Waals surface area (Å²) in [6, 6.07) is 4.80. The summed E-state index contributed by atoms with van der Waals surface area (Å²) >= 11 is 5.66. The van der Waals surface area contributed by atoms with Crippen LogP contribution in [0.15, 0.2) is 18.2 Å². The summed E-state index contributed by atoms with van der Waals surface area (Å²) in [7, 11) is 0. The van der Waals surface area contributed by atoms with E-state index in [2.05, 4.69) is 0 Å². The summed E-state index contributed by atoms with van der Waals surface area (Å²) in [5.74, 6) is 0.00302. The third-order valence-corrected chi connectivity index (χ3v) is 2.45. The maximum Gasteiger partial charge on any atom is 0.238 e. The average Bonchev–Trinajstić information content (AvgIpc) is 2.57. The lowest BCUT2D eigenvalue weighted by Gasteiger charge is -2.20. The van der Waals surface area contributed by atoms with E-state index in [0.29, 0.717) is 23.9 Å². The maximum atomic E-state index is 9.39. The van der Waals surface area contributed by atoms with E-state index in [1.807, 2.05) is 0 Å². The van der Waals surface area contributed by atoms with Crippen molar-refractivity contribution in [2.24, 2.45) is 0 Å². The second-order valence-electron chi connectivity index (χ2n) is 3.03. The molecule has 1 heterocycles. The van der Waals surface area contributed by atoms with E-state index in [9.17, 15) is 10.2 Å². The summed E-state index contributed by atoms with van der Waals surface area (Å²) in [5.41, 5.74) is 0.692. The lowest BCUT2D eigenvalue weighted by atomic mass is 10.3. The molecule has 5 heteroatoms. The molecule has 1 saturated heterocycles. The topological polar surface area (TPSA) is 52.9 Å². The molecule has 0 spiro atoms. The van der Waals surface area contributed by atoms with Crippen LogP contribution in [0, 0.1) is 0 Å². The number of benzene rings is 1. The van der Waals surface area contributed by atoms with Crippen LogP contribution in [0.1, 0.15) is 0 Å². The molecule has 1 unspecified atom stereocenters. The number of nitrogens with zero attached hydrogens (tertiary/aromatic N) is 1. The van der Waals surface area contributed by atoms with Crippen molar-refractivity contribution in [2.45, 2.75) is 6.41 Å². The van der Waals surface area contributed by atoms with Gasteiger partial charge in [0, 0.05) is 18.3 Å². The zero-order chi connectivity index (χ0) is 10.1. The summed E-state index contributed by atoms with van der Waals surface area (Å²) in [6.07, 6.45) is -0.935. The van der Waals surface area contributed by atoms with Crippen LogP contribution in [0.5, 0.6) is 5.75 Å². The summed E-state index contributed by atoms with van der Waals surface area (Å²) in [4.78, 5) is 1.63. The van der Waals surface area contributed by atoms with E-state index in [-0.39, 0.29) is 5.75 Å². The van der Waals surface area contributed by atoms with Crippen molar-refractivity contribution in [3.05, 3.63) is 23.2 Å². The first-order valence-corrected chi connectivity index (χ1v) is 4.61. The summed E-state index contributed by atoms with van der Waals surface area (Å²) in [6.45, 7) is 1.08. The van der Waals surface area contributed by atoms with Gasteiger partial charge in [-0.25, -0.2) is 0 Å². The number of halogens is 1. The molecule has 1 aromatic carbocycles. The number of hydrogen-bond acceptors (Lipinski definition) is 4. The van der Waals surface area contributed by atoms with Crippen molar-refractivity contribution in [1.82, 2.24) is 0 Å². The maximum absolute atomic E-state index is 9.39. The highest BCUT2D eigenvalue weighted by molar-refractivity contribution is 6.32. The Bertz CT molecular complexity index is 345. The second-order valence-corrected chi connectivity index (χ2v) is 3.43. The number of anilines is 1. The van der Waals surface area contributed by atoms with Crippen molar-refractivity contribution < 1.29 is 14.9 Å². The average molecular weight is 216 g/mol. The first-order chi connectivity index (χ1) is 6.68. The predicted molar refractivity (Wildman–Crippen MR) is 52.4 cm³/mol. The molecule has 0 aromatic heterocycles. The fourth-order valence-electron chi connectivity index (χ4n) is 1.39. The minimum atomic E-state index is -0.935. The van der Waals surface area contributed by atoms with Gasteiger partial charge in [0.15, 0.2) is 0 Å². The molecule has 1 fully saturated rings. The molecule has 0 radical (unpaired) electrons. The first kappa shape index (κ1) is 9.58. The van der Waals surface area contributed by atoms with Gasteiger partial charge < -0.3 is 19.8 Å². The molecule has 2 rings (SSSR count). The van der Waals surface area contributed by atoms with Crippen LogP contribution in [0.2, 0.25) is 5.02 Å². The highest BCUT2D eigenvalue weighted by Crippen LogP contribution is 2.30. The van der Waals surface area contributed by atoms with Gasteiger partial charge in [-0.15, -0.1) is 0 Å². The van der Waals surface area contributed by atoms with E-state index in [4.69, 9.17) is 16.3 Å². The number of aromatic hydroxyl groups is 1. The van der Waals surface area contributed by atoms with Gasteiger partial charge >= 0.3 is 0 Å². The van der Waals surface area contributed by atoms with Crippen LogP contribution in [-0.2, 0) is 4.74 Å². The number of phenols is 1. The van der Waals surface area contributed by atoms with E-state index < -0.39 is 6.41 Å². The molecule has 0 aliphatic carbocycles. The van der Waals surface area contributed by atoms with Crippen molar-refractivity contribution in [1.29, 1.82) is 0 Å². The predicted octanol–water partition coefficient (Wildman–Crippen LogP) is 1.16. The Morgan fingerprint density at radius 2 is 2.29 bits per heavy atom. The summed E-state index contributed by atoms with van der Waals surface area (Å²) < 4.78 is 4.96. The molecular weight excluding hydrogens is 206 g/mol. The summed E-state index contributed by atoms with van der Waals surface area (Å²) in [5, 5.41) is 19.1. The Hall–Kier alpha value is -0.970. The molecule has 1 aromatic rings. The minimum Gasteiger partial charge on any atom is -0.506 e. The quantitative estimate of drug-likeness (QED) is 0.738. The molecule has 76 valence electrons. The number of phenolic OH excluding ortho intramolecular Hbond substituents is 1. The SMILES string of the molecule is Oc1cc(N2CCOC2O)ccc1Cl. The van der Waals surface area contributed by atoms with E-state index in [1.165, 1.54) is 6.07 Å². The molecule has 0 bridgehead atoms. The monoisotopic (exact) mass is 215 g/mol. The molecule has 4 nitrogen and oxygen atoms in total. The Labute approximate surface area is 86.3 Å². The van der Waals surface area contributed by atoms with Crippen molar-refractivity contribution >= 4 is 17.3 Å². The van der Waals surface area contributed by atoms with E-state index in [1.54, 1.807) is 17.0 Å². The van der Waals surface area contributed by atoms with E-state index >= 15 is 0 Å². The molecule has 0 saturated carbocycles. The van der Waals surface area contributed by atoms with Crippen molar-refractivity contribution in [2.75, 3.05) is 18.1 Å². The molecule has 1 atom stereocenters. The van der Waals surface area contributed by atoms with Crippen LogP contribution in [0.25, 0.3) is 0 Å². The third-order valence-electron chi connectivity index (χ3n) is 2.13. The smallest absolute Gasteiger partial charge is 0.238 e. The van der Waals surface area contributed by atoms with Crippen molar-refractivity contribution in [3.8, 4) is 5.75 Å².